The highest BCUT2D eigenvalue weighted by atomic mass is 19.1. The van der Waals surface area contributed by atoms with E-state index in [1.807, 2.05) is 0 Å². The van der Waals surface area contributed by atoms with E-state index < -0.39 is 31.2 Å². The van der Waals surface area contributed by atoms with Gasteiger partial charge in [-0.1, -0.05) is 5.11 Å². The van der Waals surface area contributed by atoms with Gasteiger partial charge in [-0.15, -0.1) is 0 Å². The minimum Gasteiger partial charge on any atom is -0.394 e. The van der Waals surface area contributed by atoms with Crippen LogP contribution in [0.3, 0.4) is 0 Å². The molecule has 0 amide bonds. The van der Waals surface area contributed by atoms with Crippen LogP contribution < -0.4 is 0 Å². The number of ether oxygens (including phenoxy) is 1. The average Bonchev–Trinajstić information content (AvgIpc) is 2.33. The fraction of sp³-hybridized carbons (Fsp3) is 1.00. The number of nitrogens with zero attached hydrogens (tertiary/aromatic N) is 3. The predicted octanol–water partition coefficient (Wildman–Crippen LogP) is -0.287. The van der Waals surface area contributed by atoms with E-state index in [9.17, 15) is 4.39 Å². The molecule has 1 heterocycles. The number of aliphatic hydroxyl groups is 2. The normalized spacial score (nSPS) is 40.9. The van der Waals surface area contributed by atoms with Gasteiger partial charge in [0.15, 0.2) is 12.4 Å². The van der Waals surface area contributed by atoms with Crippen LogP contribution in [0, 0.1) is 0 Å². The Labute approximate surface area is 67.2 Å². The molecular formula is C5H8FN3O3. The molecule has 0 aromatic heterocycles. The number of alkyl halides is 1. The number of hydrogen-bond acceptors (Lipinski definition) is 4. The van der Waals surface area contributed by atoms with Crippen molar-refractivity contribution in [2.45, 2.75) is 24.6 Å². The zero-order valence-corrected chi connectivity index (χ0v) is 6.04. The molecule has 4 atom stereocenters. The zero-order chi connectivity index (χ0) is 9.14. The van der Waals surface area contributed by atoms with Crippen LogP contribution in [0.5, 0.6) is 0 Å². The number of aliphatic hydroxyl groups excluding tert-OH is 2. The number of rotatable bonds is 2. The molecule has 68 valence electrons. The van der Waals surface area contributed by atoms with Crippen LogP contribution in [-0.2, 0) is 4.74 Å². The van der Waals surface area contributed by atoms with Crippen LogP contribution in [0.2, 0.25) is 0 Å². The SMILES string of the molecule is [N-]=[N+]=NC1OC(CO)C(O)C1F. The highest BCUT2D eigenvalue weighted by molar-refractivity contribution is 4.89. The summed E-state index contributed by atoms with van der Waals surface area (Å²) in [5, 5.41) is 20.5. The maximum Gasteiger partial charge on any atom is 0.170 e. The first-order chi connectivity index (χ1) is 5.70. The van der Waals surface area contributed by atoms with Crippen LogP contribution >= 0.6 is 0 Å². The van der Waals surface area contributed by atoms with Gasteiger partial charge in [0.1, 0.15) is 12.2 Å². The molecule has 1 aliphatic heterocycles. The summed E-state index contributed by atoms with van der Waals surface area (Å²) in [5.74, 6) is 0. The molecule has 1 fully saturated rings. The van der Waals surface area contributed by atoms with Crippen LogP contribution in [0.1, 0.15) is 0 Å². The second kappa shape index (κ2) is 3.68. The summed E-state index contributed by atoms with van der Waals surface area (Å²) in [6.45, 7) is -0.501. The lowest BCUT2D eigenvalue weighted by atomic mass is 10.1. The van der Waals surface area contributed by atoms with Gasteiger partial charge in [-0.25, -0.2) is 4.39 Å². The molecule has 1 saturated heterocycles. The van der Waals surface area contributed by atoms with E-state index in [1.54, 1.807) is 0 Å². The zero-order valence-electron chi connectivity index (χ0n) is 6.04. The first-order valence-electron chi connectivity index (χ1n) is 3.33. The van der Waals surface area contributed by atoms with Gasteiger partial charge in [-0.2, -0.15) is 0 Å². The van der Waals surface area contributed by atoms with Crippen molar-refractivity contribution in [3.8, 4) is 0 Å². The summed E-state index contributed by atoms with van der Waals surface area (Å²) in [5.41, 5.74) is 7.96. The van der Waals surface area contributed by atoms with E-state index >= 15 is 0 Å². The Hall–Kier alpha value is -0.880. The fourth-order valence-electron chi connectivity index (χ4n) is 1.00. The summed E-state index contributed by atoms with van der Waals surface area (Å²) < 4.78 is 17.5. The second-order valence-electron chi connectivity index (χ2n) is 2.39. The van der Waals surface area contributed by atoms with E-state index in [2.05, 4.69) is 14.8 Å². The molecule has 0 saturated carbocycles. The quantitative estimate of drug-likeness (QED) is 0.344. The lowest BCUT2D eigenvalue weighted by molar-refractivity contribution is -0.0198. The molecule has 0 radical (unpaired) electrons. The molecule has 1 aliphatic rings. The number of halogens is 1. The van der Waals surface area contributed by atoms with Gasteiger partial charge in [-0.3, -0.25) is 0 Å². The highest BCUT2D eigenvalue weighted by Crippen LogP contribution is 2.24. The van der Waals surface area contributed by atoms with E-state index in [0.29, 0.717) is 0 Å². The molecule has 0 aromatic rings. The number of azide groups is 1. The van der Waals surface area contributed by atoms with Crippen molar-refractivity contribution >= 4 is 0 Å². The van der Waals surface area contributed by atoms with Crippen LogP contribution in [0.4, 0.5) is 4.39 Å². The van der Waals surface area contributed by atoms with Crippen molar-refractivity contribution in [2.75, 3.05) is 6.61 Å². The first-order valence-corrected chi connectivity index (χ1v) is 3.33. The summed E-state index contributed by atoms with van der Waals surface area (Å²) in [6.07, 6.45) is -5.53. The lowest BCUT2D eigenvalue weighted by Gasteiger charge is -2.08. The first kappa shape index (κ1) is 9.21. The van der Waals surface area contributed by atoms with Crippen LogP contribution in [-0.4, -0.2) is 41.4 Å². The molecular weight excluding hydrogens is 169 g/mol. The molecule has 0 aliphatic carbocycles. The monoisotopic (exact) mass is 177 g/mol. The third-order valence-electron chi connectivity index (χ3n) is 1.64. The Kier molecular flexibility index (Phi) is 2.83. The lowest BCUT2D eigenvalue weighted by Crippen LogP contribution is -2.30. The van der Waals surface area contributed by atoms with Gasteiger partial charge in [0.2, 0.25) is 0 Å². The van der Waals surface area contributed by atoms with E-state index in [0.717, 1.165) is 0 Å². The summed E-state index contributed by atoms with van der Waals surface area (Å²) in [4.78, 5) is 2.34. The molecule has 4 unspecified atom stereocenters. The van der Waals surface area contributed by atoms with Crippen molar-refractivity contribution in [3.05, 3.63) is 10.4 Å². The van der Waals surface area contributed by atoms with Crippen LogP contribution in [0.15, 0.2) is 5.11 Å². The largest absolute Gasteiger partial charge is 0.394 e. The van der Waals surface area contributed by atoms with Crippen molar-refractivity contribution in [1.82, 2.24) is 0 Å². The minimum atomic E-state index is -1.77. The number of hydrogen-bond donors (Lipinski definition) is 2. The van der Waals surface area contributed by atoms with Crippen molar-refractivity contribution < 1.29 is 19.3 Å². The Morgan fingerprint density at radius 3 is 2.75 bits per heavy atom. The summed E-state index contributed by atoms with van der Waals surface area (Å²) in [6, 6.07) is 0. The van der Waals surface area contributed by atoms with Gasteiger partial charge in [-0.05, 0) is 5.53 Å². The van der Waals surface area contributed by atoms with Gasteiger partial charge in [0.05, 0.1) is 6.61 Å². The van der Waals surface area contributed by atoms with E-state index in [4.69, 9.17) is 15.7 Å². The predicted molar refractivity (Wildman–Crippen MR) is 35.8 cm³/mol. The smallest absolute Gasteiger partial charge is 0.170 e. The van der Waals surface area contributed by atoms with E-state index in [1.165, 1.54) is 0 Å². The minimum absolute atomic E-state index is 0.501. The molecule has 0 spiro atoms. The van der Waals surface area contributed by atoms with Gasteiger partial charge in [0.25, 0.3) is 0 Å². The van der Waals surface area contributed by atoms with Crippen molar-refractivity contribution in [3.63, 3.8) is 0 Å². The topological polar surface area (TPSA) is 98.5 Å². The molecule has 0 bridgehead atoms. The summed E-state index contributed by atoms with van der Waals surface area (Å²) in [7, 11) is 0. The van der Waals surface area contributed by atoms with Gasteiger partial charge < -0.3 is 14.9 Å². The molecule has 12 heavy (non-hydrogen) atoms. The molecule has 6 nitrogen and oxygen atoms in total. The third-order valence-corrected chi connectivity index (χ3v) is 1.64. The molecule has 1 rings (SSSR count). The summed E-state index contributed by atoms with van der Waals surface area (Å²) >= 11 is 0. The second-order valence-corrected chi connectivity index (χ2v) is 2.39. The highest BCUT2D eigenvalue weighted by Gasteiger charge is 2.43. The van der Waals surface area contributed by atoms with Gasteiger partial charge in [0, 0.05) is 4.91 Å². The fourth-order valence-corrected chi connectivity index (χ4v) is 1.00. The van der Waals surface area contributed by atoms with Gasteiger partial charge >= 0.3 is 0 Å². The maximum atomic E-state index is 12.9. The van der Waals surface area contributed by atoms with Crippen molar-refractivity contribution in [2.24, 2.45) is 5.11 Å². The maximum absolute atomic E-state index is 12.9. The van der Waals surface area contributed by atoms with Crippen molar-refractivity contribution in [1.29, 1.82) is 0 Å². The average molecular weight is 177 g/mol. The third kappa shape index (κ3) is 1.49. The molecule has 0 aromatic carbocycles. The Morgan fingerprint density at radius 2 is 2.33 bits per heavy atom. The molecule has 2 N–H and O–H groups in total. The Morgan fingerprint density at radius 1 is 1.67 bits per heavy atom. The molecule has 7 heteroatoms. The van der Waals surface area contributed by atoms with Crippen LogP contribution in [0.25, 0.3) is 10.4 Å². The van der Waals surface area contributed by atoms with E-state index in [-0.39, 0.29) is 0 Å². The standard InChI is InChI=1S/C5H8FN3O3/c6-3-4(11)2(1-10)12-5(3)8-9-7/h2-5,10-11H,1H2. The Balaban J connectivity index is 2.66. The Bertz CT molecular complexity index is 208.